The van der Waals surface area contributed by atoms with Crippen molar-refractivity contribution in [2.24, 2.45) is 0 Å². The standard InChI is InChI=1S/C25H27ClN4O3/c1-15(2)27-23(31)17-9-11-19(26)21(14-17)29-24(32)16-8-10-18-20(13-16)28-22-7-5-3-4-6-12-30(22)25(18)33/h8-11,13-15H,3-7,12H2,1-2H3,(H,27,31)(H,29,32). The zero-order chi connectivity index (χ0) is 23.5. The van der Waals surface area contributed by atoms with Crippen LogP contribution in [0.1, 0.15) is 66.1 Å². The van der Waals surface area contributed by atoms with E-state index in [1.165, 1.54) is 0 Å². The lowest BCUT2D eigenvalue weighted by atomic mass is 10.1. The fourth-order valence-corrected chi connectivity index (χ4v) is 4.20. The minimum Gasteiger partial charge on any atom is -0.350 e. The quantitative estimate of drug-likeness (QED) is 0.589. The summed E-state index contributed by atoms with van der Waals surface area (Å²) in [5.41, 5.74) is 1.55. The molecule has 0 spiro atoms. The molecule has 0 saturated heterocycles. The molecule has 0 unspecified atom stereocenters. The average Bonchev–Trinajstić information content (AvgIpc) is 2.75. The number of amides is 2. The Balaban J connectivity index is 1.63. The maximum Gasteiger partial charge on any atom is 0.261 e. The molecule has 172 valence electrons. The third kappa shape index (κ3) is 5.09. The molecular weight excluding hydrogens is 440 g/mol. The van der Waals surface area contributed by atoms with E-state index in [2.05, 4.69) is 10.6 Å². The number of hydrogen-bond acceptors (Lipinski definition) is 4. The van der Waals surface area contributed by atoms with Crippen LogP contribution in [0.15, 0.2) is 41.2 Å². The van der Waals surface area contributed by atoms with E-state index in [-0.39, 0.29) is 17.5 Å². The van der Waals surface area contributed by atoms with Gasteiger partial charge in [-0.15, -0.1) is 0 Å². The first-order valence-electron chi connectivity index (χ1n) is 11.3. The van der Waals surface area contributed by atoms with Crippen molar-refractivity contribution in [3.8, 4) is 0 Å². The molecule has 0 fully saturated rings. The van der Waals surface area contributed by atoms with Gasteiger partial charge in [-0.05, 0) is 63.1 Å². The molecule has 0 saturated carbocycles. The number of fused-ring (bicyclic) bond motifs is 2. The van der Waals surface area contributed by atoms with Crippen molar-refractivity contribution >= 4 is 40.0 Å². The maximum atomic E-state index is 13.0. The Morgan fingerprint density at radius 3 is 2.52 bits per heavy atom. The summed E-state index contributed by atoms with van der Waals surface area (Å²) in [6.45, 7) is 4.42. The van der Waals surface area contributed by atoms with Crippen LogP contribution in [0.5, 0.6) is 0 Å². The van der Waals surface area contributed by atoms with Gasteiger partial charge in [0.1, 0.15) is 5.82 Å². The summed E-state index contributed by atoms with van der Waals surface area (Å²) in [4.78, 5) is 43.0. The Bertz CT molecular complexity index is 1280. The summed E-state index contributed by atoms with van der Waals surface area (Å²) in [5, 5.41) is 6.41. The van der Waals surface area contributed by atoms with E-state index in [1.54, 1.807) is 41.0 Å². The van der Waals surface area contributed by atoms with Crippen molar-refractivity contribution in [2.45, 2.75) is 58.5 Å². The van der Waals surface area contributed by atoms with Gasteiger partial charge in [-0.3, -0.25) is 19.0 Å². The first kappa shape index (κ1) is 23.0. The van der Waals surface area contributed by atoms with E-state index in [4.69, 9.17) is 16.6 Å². The van der Waals surface area contributed by atoms with Gasteiger partial charge in [-0.1, -0.05) is 24.4 Å². The van der Waals surface area contributed by atoms with Crippen LogP contribution in [-0.2, 0) is 13.0 Å². The molecule has 0 aliphatic carbocycles. The predicted molar refractivity (Wildman–Crippen MR) is 130 cm³/mol. The van der Waals surface area contributed by atoms with E-state index in [9.17, 15) is 14.4 Å². The molecule has 7 nitrogen and oxygen atoms in total. The Labute approximate surface area is 197 Å². The minimum atomic E-state index is -0.395. The second-order valence-corrected chi connectivity index (χ2v) is 9.07. The number of benzene rings is 2. The zero-order valence-corrected chi connectivity index (χ0v) is 19.5. The molecule has 4 rings (SSSR count). The second-order valence-electron chi connectivity index (χ2n) is 8.66. The second kappa shape index (κ2) is 9.75. The van der Waals surface area contributed by atoms with E-state index < -0.39 is 5.91 Å². The molecule has 8 heteroatoms. The zero-order valence-electron chi connectivity index (χ0n) is 18.8. The van der Waals surface area contributed by atoms with E-state index >= 15 is 0 Å². The third-order valence-electron chi connectivity index (χ3n) is 5.73. The lowest BCUT2D eigenvalue weighted by Gasteiger charge is -2.16. The highest BCUT2D eigenvalue weighted by atomic mass is 35.5. The minimum absolute atomic E-state index is 0.0141. The van der Waals surface area contributed by atoms with E-state index in [0.717, 1.165) is 37.9 Å². The summed E-state index contributed by atoms with van der Waals surface area (Å²) in [6, 6.07) is 9.62. The average molecular weight is 467 g/mol. The molecule has 1 aliphatic heterocycles. The van der Waals surface area contributed by atoms with Crippen LogP contribution in [-0.4, -0.2) is 27.4 Å². The number of nitrogens with zero attached hydrogens (tertiary/aromatic N) is 2. The first-order chi connectivity index (χ1) is 15.8. The van der Waals surface area contributed by atoms with Crippen molar-refractivity contribution in [1.82, 2.24) is 14.9 Å². The van der Waals surface area contributed by atoms with Crippen LogP contribution in [0, 0.1) is 0 Å². The third-order valence-corrected chi connectivity index (χ3v) is 6.05. The van der Waals surface area contributed by atoms with Gasteiger partial charge in [0.2, 0.25) is 0 Å². The maximum absolute atomic E-state index is 13.0. The highest BCUT2D eigenvalue weighted by Gasteiger charge is 2.16. The molecule has 2 aromatic carbocycles. The van der Waals surface area contributed by atoms with Gasteiger partial charge in [0.25, 0.3) is 17.4 Å². The summed E-state index contributed by atoms with van der Waals surface area (Å²) >= 11 is 6.26. The SMILES string of the molecule is CC(C)NC(=O)c1ccc(Cl)c(NC(=O)c2ccc3c(=O)n4c(nc3c2)CCCCCC4)c1. The molecule has 2 heterocycles. The Morgan fingerprint density at radius 1 is 1.00 bits per heavy atom. The summed E-state index contributed by atoms with van der Waals surface area (Å²) in [5.74, 6) is 0.134. The normalized spacial score (nSPS) is 13.8. The van der Waals surface area contributed by atoms with Gasteiger partial charge in [-0.2, -0.15) is 0 Å². The van der Waals surface area contributed by atoms with E-state index in [0.29, 0.717) is 39.3 Å². The molecule has 0 atom stereocenters. The molecule has 3 aromatic rings. The Morgan fingerprint density at radius 2 is 1.73 bits per heavy atom. The molecule has 1 aromatic heterocycles. The number of aromatic nitrogens is 2. The van der Waals surface area contributed by atoms with Crippen molar-refractivity contribution in [2.75, 3.05) is 5.32 Å². The number of hydrogen-bond donors (Lipinski definition) is 2. The van der Waals surface area contributed by atoms with Gasteiger partial charge >= 0.3 is 0 Å². The molecule has 0 bridgehead atoms. The highest BCUT2D eigenvalue weighted by molar-refractivity contribution is 6.34. The Hall–Kier alpha value is -3.19. The van der Waals surface area contributed by atoms with Gasteiger partial charge in [0.05, 0.1) is 21.6 Å². The van der Waals surface area contributed by atoms with Gasteiger partial charge in [0.15, 0.2) is 0 Å². The van der Waals surface area contributed by atoms with Crippen LogP contribution in [0.4, 0.5) is 5.69 Å². The number of halogens is 1. The van der Waals surface area contributed by atoms with Gasteiger partial charge in [0, 0.05) is 30.1 Å². The van der Waals surface area contributed by atoms with Gasteiger partial charge < -0.3 is 10.6 Å². The summed E-state index contributed by atoms with van der Waals surface area (Å²) in [7, 11) is 0. The first-order valence-corrected chi connectivity index (χ1v) is 11.7. The van der Waals surface area contributed by atoms with Crippen LogP contribution in [0.3, 0.4) is 0 Å². The van der Waals surface area contributed by atoms with Crippen molar-refractivity contribution in [3.63, 3.8) is 0 Å². The largest absolute Gasteiger partial charge is 0.350 e. The topological polar surface area (TPSA) is 93.1 Å². The highest BCUT2D eigenvalue weighted by Crippen LogP contribution is 2.24. The Kier molecular flexibility index (Phi) is 6.79. The molecular formula is C25H27ClN4O3. The number of anilines is 1. The molecule has 2 amide bonds. The smallest absolute Gasteiger partial charge is 0.261 e. The lowest BCUT2D eigenvalue weighted by molar-refractivity contribution is 0.0942. The lowest BCUT2D eigenvalue weighted by Crippen LogP contribution is -2.30. The molecule has 1 aliphatic rings. The summed E-state index contributed by atoms with van der Waals surface area (Å²) in [6.07, 6.45) is 4.96. The van der Waals surface area contributed by atoms with Crippen LogP contribution in [0.2, 0.25) is 5.02 Å². The van der Waals surface area contributed by atoms with E-state index in [1.807, 2.05) is 13.8 Å². The fraction of sp³-hybridized carbons (Fsp3) is 0.360. The predicted octanol–water partition coefficient (Wildman–Crippen LogP) is 4.56. The van der Waals surface area contributed by atoms with Crippen molar-refractivity contribution in [1.29, 1.82) is 0 Å². The number of carbonyl (C=O) groups is 2. The van der Waals surface area contributed by atoms with Crippen LogP contribution >= 0.6 is 11.6 Å². The van der Waals surface area contributed by atoms with Crippen LogP contribution in [0.25, 0.3) is 10.9 Å². The molecule has 2 N–H and O–H groups in total. The molecule has 0 radical (unpaired) electrons. The van der Waals surface area contributed by atoms with Gasteiger partial charge in [-0.25, -0.2) is 4.98 Å². The molecule has 33 heavy (non-hydrogen) atoms. The van der Waals surface area contributed by atoms with Crippen molar-refractivity contribution < 1.29 is 9.59 Å². The summed E-state index contributed by atoms with van der Waals surface area (Å²) < 4.78 is 1.77. The van der Waals surface area contributed by atoms with Crippen molar-refractivity contribution in [3.05, 3.63) is 68.7 Å². The van der Waals surface area contributed by atoms with Crippen LogP contribution < -0.4 is 16.2 Å². The number of rotatable bonds is 4. The monoisotopic (exact) mass is 466 g/mol. The fourth-order valence-electron chi connectivity index (χ4n) is 4.04. The number of carbonyl (C=O) groups excluding carboxylic acids is 2. The number of nitrogens with one attached hydrogen (secondary N) is 2. The number of aryl methyl sites for hydroxylation is 1.